The summed E-state index contributed by atoms with van der Waals surface area (Å²) in [4.78, 5) is 21.8. The van der Waals surface area contributed by atoms with Crippen molar-refractivity contribution in [2.75, 3.05) is 13.2 Å². The smallest absolute Gasteiger partial charge is 0.335 e. The minimum Gasteiger partial charge on any atom is -0.478 e. The standard InChI is InChI=1S/C22H32O4.C15H20O2/c1-15-3-5-17(6-4-15)11-18-7-9-19(10-8-18)13-25-26-20-14-24-21-16(2)12-23-22(20)21;1-11-2-4-12(5-3-11)10-13-6-8-14(9-7-13)15(16)17/h7-10,15-17,20-22H,3-6,11-14H2,1-2H3;6-9,11-12H,2-5,10H2,1H3,(H,16,17)/t15?,16-,17?,20+,21-,22-;/m1./s1. The van der Waals surface area contributed by atoms with E-state index < -0.39 is 5.97 Å². The van der Waals surface area contributed by atoms with E-state index in [2.05, 4.69) is 45.0 Å². The summed E-state index contributed by atoms with van der Waals surface area (Å²) in [6, 6.07) is 16.1. The summed E-state index contributed by atoms with van der Waals surface area (Å²) < 4.78 is 11.5. The molecule has 2 aliphatic carbocycles. The number of carboxylic acid groups (broad SMARTS) is 1. The second-order valence-corrected chi connectivity index (χ2v) is 13.9. The van der Waals surface area contributed by atoms with E-state index in [4.69, 9.17) is 24.4 Å². The predicted molar refractivity (Wildman–Crippen MR) is 168 cm³/mol. The molecule has 1 N–H and O–H groups in total. The van der Waals surface area contributed by atoms with Gasteiger partial charge < -0.3 is 14.6 Å². The van der Waals surface area contributed by atoms with Crippen LogP contribution in [0.15, 0.2) is 48.5 Å². The number of benzene rings is 2. The molecule has 236 valence electrons. The van der Waals surface area contributed by atoms with Crippen molar-refractivity contribution in [1.82, 2.24) is 0 Å². The number of ether oxygens (including phenoxy) is 2. The predicted octanol–water partition coefficient (Wildman–Crippen LogP) is 8.06. The second-order valence-electron chi connectivity index (χ2n) is 13.9. The average molecular weight is 593 g/mol. The fraction of sp³-hybridized carbons (Fsp3) is 0.649. The fourth-order valence-corrected chi connectivity index (χ4v) is 7.22. The van der Waals surface area contributed by atoms with Crippen molar-refractivity contribution in [2.45, 2.75) is 110 Å². The maximum atomic E-state index is 10.7. The number of rotatable bonds is 9. The monoisotopic (exact) mass is 592 g/mol. The molecule has 4 aliphatic rings. The zero-order chi connectivity index (χ0) is 30.2. The molecule has 0 spiro atoms. The van der Waals surface area contributed by atoms with Gasteiger partial charge in [0.15, 0.2) is 0 Å². The van der Waals surface area contributed by atoms with Crippen LogP contribution in [0.2, 0.25) is 0 Å². The van der Waals surface area contributed by atoms with Gasteiger partial charge in [-0.1, -0.05) is 82.9 Å². The van der Waals surface area contributed by atoms with Crippen LogP contribution in [0, 0.1) is 29.6 Å². The lowest BCUT2D eigenvalue weighted by molar-refractivity contribution is -0.341. The van der Waals surface area contributed by atoms with Crippen LogP contribution >= 0.6 is 0 Å². The van der Waals surface area contributed by atoms with Gasteiger partial charge >= 0.3 is 5.97 Å². The molecule has 43 heavy (non-hydrogen) atoms. The van der Waals surface area contributed by atoms with Gasteiger partial charge in [-0.05, 0) is 91.0 Å². The van der Waals surface area contributed by atoms with Gasteiger partial charge in [0.25, 0.3) is 0 Å². The Morgan fingerprint density at radius 1 is 0.698 bits per heavy atom. The van der Waals surface area contributed by atoms with Crippen molar-refractivity contribution < 1.29 is 29.1 Å². The minimum atomic E-state index is -0.844. The van der Waals surface area contributed by atoms with Crippen molar-refractivity contribution in [2.24, 2.45) is 29.6 Å². The number of aromatic carboxylic acids is 1. The van der Waals surface area contributed by atoms with Crippen LogP contribution in [0.3, 0.4) is 0 Å². The molecule has 6 nitrogen and oxygen atoms in total. The Morgan fingerprint density at radius 2 is 1.19 bits per heavy atom. The summed E-state index contributed by atoms with van der Waals surface area (Å²) in [5.41, 5.74) is 4.23. The summed E-state index contributed by atoms with van der Waals surface area (Å²) in [6.45, 7) is 8.63. The molecular weight excluding hydrogens is 540 g/mol. The van der Waals surface area contributed by atoms with E-state index in [0.717, 1.165) is 42.3 Å². The van der Waals surface area contributed by atoms with E-state index in [1.807, 2.05) is 12.1 Å². The van der Waals surface area contributed by atoms with E-state index in [1.54, 1.807) is 12.1 Å². The maximum absolute atomic E-state index is 10.7. The Morgan fingerprint density at radius 3 is 1.72 bits per heavy atom. The summed E-state index contributed by atoms with van der Waals surface area (Å²) in [6.07, 6.45) is 13.3. The minimum absolute atomic E-state index is 0.0191. The van der Waals surface area contributed by atoms with Crippen molar-refractivity contribution in [1.29, 1.82) is 0 Å². The van der Waals surface area contributed by atoms with E-state index in [-0.39, 0.29) is 18.3 Å². The third-order valence-electron chi connectivity index (χ3n) is 10.2. The first-order valence-electron chi connectivity index (χ1n) is 16.8. The first kappa shape index (κ1) is 32.2. The highest BCUT2D eigenvalue weighted by molar-refractivity contribution is 5.87. The first-order chi connectivity index (χ1) is 20.8. The molecule has 2 aromatic rings. The van der Waals surface area contributed by atoms with Crippen LogP contribution in [0.4, 0.5) is 0 Å². The van der Waals surface area contributed by atoms with Crippen LogP contribution in [-0.2, 0) is 38.7 Å². The van der Waals surface area contributed by atoms with Gasteiger partial charge in [-0.3, -0.25) is 0 Å². The first-order valence-corrected chi connectivity index (χ1v) is 16.8. The van der Waals surface area contributed by atoms with Gasteiger partial charge in [-0.25, -0.2) is 14.6 Å². The Bertz CT molecular complexity index is 1110. The Kier molecular flexibility index (Phi) is 11.7. The second kappa shape index (κ2) is 15.7. The van der Waals surface area contributed by atoms with Gasteiger partial charge in [-0.2, -0.15) is 0 Å². The summed E-state index contributed by atoms with van der Waals surface area (Å²) >= 11 is 0. The molecule has 0 bridgehead atoms. The molecule has 2 heterocycles. The van der Waals surface area contributed by atoms with Crippen LogP contribution < -0.4 is 0 Å². The zero-order valence-electron chi connectivity index (χ0n) is 26.4. The van der Waals surface area contributed by atoms with E-state index in [9.17, 15) is 4.79 Å². The van der Waals surface area contributed by atoms with Gasteiger partial charge in [0.1, 0.15) is 18.8 Å². The fourth-order valence-electron chi connectivity index (χ4n) is 7.22. The van der Waals surface area contributed by atoms with E-state index >= 15 is 0 Å². The molecule has 0 amide bonds. The van der Waals surface area contributed by atoms with E-state index in [0.29, 0.717) is 24.7 Å². The Labute approximate surface area is 258 Å². The molecule has 0 aromatic heterocycles. The number of carboxylic acids is 1. The molecule has 2 aromatic carbocycles. The molecule has 2 aliphatic heterocycles. The largest absolute Gasteiger partial charge is 0.478 e. The number of carbonyl (C=O) groups is 1. The SMILES string of the molecule is CC1CCC(Cc2ccc(C(=O)O)cc2)CC1.CC1CCC(Cc2ccc(COO[C@H]3CO[C@H]4[C@@H]3OC[C@H]4C)cc2)CC1. The van der Waals surface area contributed by atoms with Gasteiger partial charge in [0, 0.05) is 5.92 Å². The van der Waals surface area contributed by atoms with Crippen LogP contribution in [0.1, 0.15) is 99.2 Å². The molecular formula is C37H52O6. The topological polar surface area (TPSA) is 74.2 Å². The lowest BCUT2D eigenvalue weighted by atomic mass is 9.80. The summed E-state index contributed by atoms with van der Waals surface area (Å²) in [5, 5.41) is 8.83. The Balaban J connectivity index is 0.000000188. The third-order valence-corrected chi connectivity index (χ3v) is 10.2. The molecule has 4 fully saturated rings. The van der Waals surface area contributed by atoms with Crippen LogP contribution in [0.25, 0.3) is 0 Å². The zero-order valence-corrected chi connectivity index (χ0v) is 26.4. The molecule has 0 unspecified atom stereocenters. The average Bonchev–Trinajstić information content (AvgIpc) is 3.59. The highest BCUT2D eigenvalue weighted by Crippen LogP contribution is 2.33. The third kappa shape index (κ3) is 9.37. The molecule has 4 atom stereocenters. The van der Waals surface area contributed by atoms with Crippen LogP contribution in [-0.4, -0.2) is 42.6 Å². The van der Waals surface area contributed by atoms with Crippen molar-refractivity contribution in [3.63, 3.8) is 0 Å². The lowest BCUT2D eigenvalue weighted by Gasteiger charge is -2.26. The molecule has 2 saturated heterocycles. The number of fused-ring (bicyclic) bond motifs is 1. The van der Waals surface area contributed by atoms with Crippen LogP contribution in [0.5, 0.6) is 0 Å². The van der Waals surface area contributed by atoms with Crippen molar-refractivity contribution in [3.8, 4) is 0 Å². The normalized spacial score (nSPS) is 32.1. The maximum Gasteiger partial charge on any atom is 0.335 e. The molecule has 2 saturated carbocycles. The Hall–Kier alpha value is -2.25. The van der Waals surface area contributed by atoms with Gasteiger partial charge in [-0.15, -0.1) is 0 Å². The highest BCUT2D eigenvalue weighted by atomic mass is 17.2. The lowest BCUT2D eigenvalue weighted by Crippen LogP contribution is -2.31. The van der Waals surface area contributed by atoms with E-state index in [1.165, 1.54) is 68.9 Å². The number of hydrogen-bond acceptors (Lipinski definition) is 5. The quantitative estimate of drug-likeness (QED) is 0.235. The molecule has 0 radical (unpaired) electrons. The molecule has 6 rings (SSSR count). The highest BCUT2D eigenvalue weighted by Gasteiger charge is 2.47. The van der Waals surface area contributed by atoms with Gasteiger partial charge in [0.2, 0.25) is 0 Å². The van der Waals surface area contributed by atoms with Crippen molar-refractivity contribution in [3.05, 3.63) is 70.8 Å². The van der Waals surface area contributed by atoms with Gasteiger partial charge in [0.05, 0.1) is 24.9 Å². The van der Waals surface area contributed by atoms with Crippen molar-refractivity contribution >= 4 is 5.97 Å². The summed E-state index contributed by atoms with van der Waals surface area (Å²) in [5.74, 6) is 3.06. The molecule has 6 heteroatoms. The summed E-state index contributed by atoms with van der Waals surface area (Å²) in [7, 11) is 0. The number of hydrogen-bond donors (Lipinski definition) is 1.